The summed E-state index contributed by atoms with van der Waals surface area (Å²) in [5, 5.41) is 1.68. The van der Waals surface area contributed by atoms with Gasteiger partial charge in [-0.05, 0) is 44.0 Å². The highest BCUT2D eigenvalue weighted by molar-refractivity contribution is 6.11. The van der Waals surface area contributed by atoms with E-state index in [4.69, 9.17) is 4.42 Å². The lowest BCUT2D eigenvalue weighted by molar-refractivity contribution is 0.376. The molecule has 0 saturated carbocycles. The quantitative estimate of drug-likeness (QED) is 0.102. The molecule has 0 spiro atoms. The molecule has 4 rings (SSSR count). The van der Waals surface area contributed by atoms with Crippen molar-refractivity contribution >= 4 is 39.4 Å². The van der Waals surface area contributed by atoms with Gasteiger partial charge in [-0.1, -0.05) is 24.3 Å². The van der Waals surface area contributed by atoms with Gasteiger partial charge in [0.25, 0.3) is 0 Å². The number of furan rings is 1. The SMILES string of the molecule is CN=C/C(=C\C=C(/C)c1c(C)ccc2c1oc1nc(C)ccc12)c1c(F)c(F)c(F)c(F)c1F. The summed E-state index contributed by atoms with van der Waals surface area (Å²) in [5.74, 6) is -10.1. The van der Waals surface area contributed by atoms with Crippen LogP contribution in [0.25, 0.3) is 33.2 Å². The van der Waals surface area contributed by atoms with E-state index in [1.807, 2.05) is 38.1 Å². The number of aromatic nitrogens is 1. The van der Waals surface area contributed by atoms with Crippen molar-refractivity contribution in [1.29, 1.82) is 0 Å². The van der Waals surface area contributed by atoms with Crippen LogP contribution in [-0.4, -0.2) is 18.2 Å². The van der Waals surface area contributed by atoms with Crippen molar-refractivity contribution in [2.24, 2.45) is 4.99 Å². The molecular formula is C26H19F5N2O. The van der Waals surface area contributed by atoms with Crippen LogP contribution in [0.5, 0.6) is 0 Å². The Balaban J connectivity index is 1.92. The fourth-order valence-corrected chi connectivity index (χ4v) is 3.89. The second-order valence-electron chi connectivity index (χ2n) is 7.85. The molecule has 2 aromatic carbocycles. The zero-order valence-corrected chi connectivity index (χ0v) is 18.7. The number of hydrogen-bond acceptors (Lipinski definition) is 3. The summed E-state index contributed by atoms with van der Waals surface area (Å²) in [4.78, 5) is 8.13. The molecule has 2 heterocycles. The first-order valence-electron chi connectivity index (χ1n) is 10.3. The second-order valence-corrected chi connectivity index (χ2v) is 7.85. The van der Waals surface area contributed by atoms with Crippen LogP contribution in [-0.2, 0) is 0 Å². The van der Waals surface area contributed by atoms with Gasteiger partial charge in [0.1, 0.15) is 5.58 Å². The summed E-state index contributed by atoms with van der Waals surface area (Å²) in [5.41, 5.74) is 2.77. The molecule has 0 bridgehead atoms. The number of halogens is 5. The normalized spacial score (nSPS) is 13.1. The molecule has 8 heteroatoms. The molecule has 0 aliphatic rings. The van der Waals surface area contributed by atoms with E-state index in [1.54, 1.807) is 6.92 Å². The number of hydrogen-bond donors (Lipinski definition) is 0. The van der Waals surface area contributed by atoms with Gasteiger partial charge in [0.15, 0.2) is 23.3 Å². The van der Waals surface area contributed by atoms with Gasteiger partial charge in [0.05, 0.1) is 5.56 Å². The highest BCUT2D eigenvalue weighted by atomic mass is 19.2. The summed E-state index contributed by atoms with van der Waals surface area (Å²) in [6.45, 7) is 5.48. The van der Waals surface area contributed by atoms with Crippen molar-refractivity contribution in [3.8, 4) is 0 Å². The Kier molecular flexibility index (Phi) is 6.08. The summed E-state index contributed by atoms with van der Waals surface area (Å²) < 4.78 is 75.8. The van der Waals surface area contributed by atoms with Gasteiger partial charge < -0.3 is 4.42 Å². The van der Waals surface area contributed by atoms with Crippen LogP contribution < -0.4 is 0 Å². The maximum Gasteiger partial charge on any atom is 0.227 e. The first-order valence-corrected chi connectivity index (χ1v) is 10.3. The van der Waals surface area contributed by atoms with Crippen LogP contribution in [0.1, 0.15) is 29.3 Å². The largest absolute Gasteiger partial charge is 0.437 e. The first-order chi connectivity index (χ1) is 16.1. The maximum absolute atomic E-state index is 14.4. The highest BCUT2D eigenvalue weighted by Gasteiger charge is 2.27. The van der Waals surface area contributed by atoms with Crippen molar-refractivity contribution in [2.75, 3.05) is 7.05 Å². The average Bonchev–Trinajstić information content (AvgIpc) is 3.16. The number of aliphatic imine (C=N–C) groups is 1. The van der Waals surface area contributed by atoms with Crippen molar-refractivity contribution in [1.82, 2.24) is 4.98 Å². The number of fused-ring (bicyclic) bond motifs is 3. The number of rotatable bonds is 4. The number of allylic oxidation sites excluding steroid dienone is 4. The average molecular weight is 470 g/mol. The minimum atomic E-state index is -2.21. The second kappa shape index (κ2) is 8.85. The molecular weight excluding hydrogens is 451 g/mol. The maximum atomic E-state index is 14.4. The van der Waals surface area contributed by atoms with Crippen LogP contribution in [0.3, 0.4) is 0 Å². The Labute approximate surface area is 191 Å². The zero-order chi connectivity index (χ0) is 24.7. The molecule has 0 amide bonds. The molecule has 4 aromatic rings. The van der Waals surface area contributed by atoms with E-state index in [0.717, 1.165) is 33.8 Å². The molecule has 0 radical (unpaired) electrons. The van der Waals surface area contributed by atoms with Crippen LogP contribution >= 0.6 is 0 Å². The summed E-state index contributed by atoms with van der Waals surface area (Å²) in [6, 6.07) is 7.62. The lowest BCUT2D eigenvalue weighted by Crippen LogP contribution is -2.07. The lowest BCUT2D eigenvalue weighted by Gasteiger charge is -2.09. The highest BCUT2D eigenvalue weighted by Crippen LogP contribution is 2.35. The fourth-order valence-electron chi connectivity index (χ4n) is 3.89. The molecule has 0 saturated heterocycles. The first kappa shape index (κ1) is 23.4. The Morgan fingerprint density at radius 1 is 0.824 bits per heavy atom. The van der Waals surface area contributed by atoms with Crippen LogP contribution in [0.2, 0.25) is 0 Å². The molecule has 0 atom stereocenters. The molecule has 0 aliphatic heterocycles. The number of benzene rings is 2. The van der Waals surface area contributed by atoms with Crippen molar-refractivity contribution in [3.05, 3.63) is 87.9 Å². The van der Waals surface area contributed by atoms with Crippen LogP contribution in [0.15, 0.2) is 45.8 Å². The van der Waals surface area contributed by atoms with Gasteiger partial charge in [0, 0.05) is 40.9 Å². The fraction of sp³-hybridized carbons (Fsp3) is 0.154. The lowest BCUT2D eigenvalue weighted by atomic mass is 9.97. The summed E-state index contributed by atoms with van der Waals surface area (Å²) in [7, 11) is 1.32. The molecule has 0 N–H and O–H groups in total. The van der Waals surface area contributed by atoms with Crippen molar-refractivity contribution in [3.63, 3.8) is 0 Å². The Bertz CT molecular complexity index is 1520. The van der Waals surface area contributed by atoms with Gasteiger partial charge in [-0.25, -0.2) is 26.9 Å². The topological polar surface area (TPSA) is 38.4 Å². The molecule has 34 heavy (non-hydrogen) atoms. The summed E-state index contributed by atoms with van der Waals surface area (Å²) in [6.07, 6.45) is 3.80. The third-order valence-corrected chi connectivity index (χ3v) is 5.53. The predicted molar refractivity (Wildman–Crippen MR) is 123 cm³/mol. The Morgan fingerprint density at radius 2 is 1.44 bits per heavy atom. The zero-order valence-electron chi connectivity index (χ0n) is 18.7. The van der Waals surface area contributed by atoms with E-state index >= 15 is 0 Å². The van der Waals surface area contributed by atoms with Crippen LogP contribution in [0.4, 0.5) is 22.0 Å². The van der Waals surface area contributed by atoms with E-state index in [2.05, 4.69) is 9.98 Å². The number of aryl methyl sites for hydroxylation is 2. The Hall–Kier alpha value is -3.81. The smallest absolute Gasteiger partial charge is 0.227 e. The summed E-state index contributed by atoms with van der Waals surface area (Å²) >= 11 is 0. The molecule has 0 aliphatic carbocycles. The number of pyridine rings is 1. The van der Waals surface area contributed by atoms with Gasteiger partial charge in [-0.2, -0.15) is 0 Å². The third-order valence-electron chi connectivity index (χ3n) is 5.53. The predicted octanol–water partition coefficient (Wildman–Crippen LogP) is 7.48. The van der Waals surface area contributed by atoms with E-state index in [-0.39, 0.29) is 5.57 Å². The van der Waals surface area contributed by atoms with Crippen molar-refractivity contribution in [2.45, 2.75) is 20.8 Å². The molecule has 0 unspecified atom stereocenters. The molecule has 0 fully saturated rings. The van der Waals surface area contributed by atoms with Crippen molar-refractivity contribution < 1.29 is 26.4 Å². The Morgan fingerprint density at radius 3 is 2.09 bits per heavy atom. The minimum absolute atomic E-state index is 0.277. The minimum Gasteiger partial charge on any atom is -0.437 e. The molecule has 2 aromatic heterocycles. The van der Waals surface area contributed by atoms with Crippen LogP contribution in [0, 0.1) is 42.9 Å². The number of nitrogens with zero attached hydrogens (tertiary/aromatic N) is 2. The van der Waals surface area contributed by atoms with E-state index in [9.17, 15) is 22.0 Å². The van der Waals surface area contributed by atoms with E-state index in [0.29, 0.717) is 16.9 Å². The third kappa shape index (κ3) is 3.79. The standard InChI is InChI=1S/C26H19F5N2O/c1-12(5-8-15(11-32-4)19-20(27)22(29)24(31)23(30)21(19)28)18-13(2)6-9-16-17-10-7-14(3)33-26(17)34-25(16)18/h5-11H,1-4H3/b12-5+,15-8+,32-11?. The van der Waals surface area contributed by atoms with Gasteiger partial charge >= 0.3 is 0 Å². The van der Waals surface area contributed by atoms with E-state index in [1.165, 1.54) is 19.2 Å². The molecule has 3 nitrogen and oxygen atoms in total. The monoisotopic (exact) mass is 470 g/mol. The van der Waals surface area contributed by atoms with E-state index < -0.39 is 34.6 Å². The van der Waals surface area contributed by atoms with Gasteiger partial charge in [-0.15, -0.1) is 0 Å². The molecule has 174 valence electrons. The van der Waals surface area contributed by atoms with Gasteiger partial charge in [-0.3, -0.25) is 4.99 Å². The van der Waals surface area contributed by atoms with Gasteiger partial charge in [0.2, 0.25) is 11.5 Å².